The molecule has 4 aromatic carbocycles. The van der Waals surface area contributed by atoms with E-state index in [9.17, 15) is 14.7 Å². The van der Waals surface area contributed by atoms with Gasteiger partial charge in [0.05, 0.1) is 12.1 Å². The Kier molecular flexibility index (Phi) is 9.85. The lowest BCUT2D eigenvalue weighted by molar-refractivity contribution is -0.136. The van der Waals surface area contributed by atoms with Crippen LogP contribution in [0.15, 0.2) is 84.9 Å². The van der Waals surface area contributed by atoms with Gasteiger partial charge in [-0.15, -0.1) is 0 Å². The lowest BCUT2D eigenvalue weighted by Gasteiger charge is -2.35. The fourth-order valence-electron chi connectivity index (χ4n) is 5.99. The number of piperidine rings is 1. The molecule has 0 spiro atoms. The topological polar surface area (TPSA) is 93.7 Å². The van der Waals surface area contributed by atoms with Crippen molar-refractivity contribution >= 4 is 33.4 Å². The summed E-state index contributed by atoms with van der Waals surface area (Å²) in [4.78, 5) is 27.9. The standard InChI is InChI=1S/C35H42N4O3/c1-24(40)37-23-32(21-25-11-13-27-7-3-5-9-30(27)19-25)39(2)35(42)33(38-34(41)29-15-17-36-18-16-29)22-26-12-14-28-8-4-6-10-31(28)20-26/h3-14,19-20,29,32-34,36,38,41H,15-18,21-23H2,1-2H3,(H,37,40). The molecular formula is C35H42N4O3. The van der Waals surface area contributed by atoms with Crippen molar-refractivity contribution in [2.75, 3.05) is 26.7 Å². The number of carbonyl (C=O) groups excluding carboxylic acids is 2. The third-order valence-electron chi connectivity index (χ3n) is 8.52. The van der Waals surface area contributed by atoms with E-state index in [2.05, 4.69) is 76.6 Å². The number of benzene rings is 4. The zero-order valence-electron chi connectivity index (χ0n) is 24.6. The molecule has 1 saturated heterocycles. The highest BCUT2D eigenvalue weighted by Gasteiger charge is 2.31. The van der Waals surface area contributed by atoms with Crippen LogP contribution in [0.5, 0.6) is 0 Å². The van der Waals surface area contributed by atoms with Crippen molar-refractivity contribution in [2.24, 2.45) is 5.92 Å². The van der Waals surface area contributed by atoms with E-state index in [0.29, 0.717) is 19.4 Å². The number of hydrogen-bond acceptors (Lipinski definition) is 5. The second kappa shape index (κ2) is 13.9. The molecule has 0 radical (unpaired) electrons. The Balaban J connectivity index is 1.39. The number of fused-ring (bicyclic) bond motifs is 2. The SMILES string of the molecule is CC(=O)NCC(Cc1ccc2ccccc2c1)N(C)C(=O)C(Cc1ccc2ccccc2c1)NC(O)C1CCNCC1. The Bertz CT molecular complexity index is 1520. The van der Waals surface area contributed by atoms with Gasteiger partial charge in [-0.05, 0) is 71.4 Å². The number of aliphatic hydroxyl groups is 1. The highest BCUT2D eigenvalue weighted by atomic mass is 16.3. The first-order valence-corrected chi connectivity index (χ1v) is 15.0. The molecule has 42 heavy (non-hydrogen) atoms. The number of nitrogens with zero attached hydrogens (tertiary/aromatic N) is 1. The molecule has 3 atom stereocenters. The van der Waals surface area contributed by atoms with Crippen LogP contribution in [0.3, 0.4) is 0 Å². The normalized spacial score (nSPS) is 16.2. The van der Waals surface area contributed by atoms with Gasteiger partial charge >= 0.3 is 0 Å². The summed E-state index contributed by atoms with van der Waals surface area (Å²) >= 11 is 0. The van der Waals surface area contributed by atoms with Gasteiger partial charge < -0.3 is 20.6 Å². The summed E-state index contributed by atoms with van der Waals surface area (Å²) in [6.45, 7) is 3.55. The van der Waals surface area contributed by atoms with Crippen molar-refractivity contribution in [1.82, 2.24) is 20.9 Å². The molecule has 3 unspecified atom stereocenters. The summed E-state index contributed by atoms with van der Waals surface area (Å²) in [5.74, 6) is -0.157. The molecule has 5 rings (SSSR count). The van der Waals surface area contributed by atoms with E-state index in [0.717, 1.165) is 58.6 Å². The van der Waals surface area contributed by atoms with E-state index in [1.807, 2.05) is 31.3 Å². The first-order valence-electron chi connectivity index (χ1n) is 15.0. The molecule has 220 valence electrons. The predicted molar refractivity (Wildman–Crippen MR) is 169 cm³/mol. The molecule has 0 aromatic heterocycles. The summed E-state index contributed by atoms with van der Waals surface area (Å²) in [6.07, 6.45) is 1.96. The van der Waals surface area contributed by atoms with Gasteiger partial charge in [0.2, 0.25) is 11.8 Å². The molecule has 7 heteroatoms. The first kappa shape index (κ1) is 29.7. The summed E-state index contributed by atoms with van der Waals surface area (Å²) < 4.78 is 0. The summed E-state index contributed by atoms with van der Waals surface area (Å²) in [5, 5.41) is 25.4. The molecule has 4 N–H and O–H groups in total. The maximum absolute atomic E-state index is 14.2. The molecule has 0 saturated carbocycles. The van der Waals surface area contributed by atoms with Gasteiger partial charge in [0, 0.05) is 26.4 Å². The average Bonchev–Trinajstić information content (AvgIpc) is 3.02. The quantitative estimate of drug-likeness (QED) is 0.206. The molecule has 4 aromatic rings. The van der Waals surface area contributed by atoms with E-state index in [1.165, 1.54) is 6.92 Å². The van der Waals surface area contributed by atoms with Gasteiger partial charge in [0.1, 0.15) is 6.23 Å². The van der Waals surface area contributed by atoms with Crippen LogP contribution in [0.4, 0.5) is 0 Å². The summed E-state index contributed by atoms with van der Waals surface area (Å²) in [6, 6.07) is 28.1. The Morgan fingerprint density at radius 2 is 1.40 bits per heavy atom. The van der Waals surface area contributed by atoms with Crippen LogP contribution in [0, 0.1) is 5.92 Å². The predicted octanol–water partition coefficient (Wildman–Crippen LogP) is 4.02. The number of amides is 2. The van der Waals surface area contributed by atoms with E-state index in [4.69, 9.17) is 0 Å². The maximum atomic E-state index is 14.2. The zero-order valence-corrected chi connectivity index (χ0v) is 24.6. The fraction of sp³-hybridized carbons (Fsp3) is 0.371. The monoisotopic (exact) mass is 566 g/mol. The first-order chi connectivity index (χ1) is 20.4. The number of hydrogen-bond donors (Lipinski definition) is 4. The highest BCUT2D eigenvalue weighted by molar-refractivity contribution is 5.85. The van der Waals surface area contributed by atoms with Crippen molar-refractivity contribution in [3.05, 3.63) is 96.1 Å². The minimum absolute atomic E-state index is 0.0798. The van der Waals surface area contributed by atoms with Crippen molar-refractivity contribution in [2.45, 2.75) is 50.9 Å². The van der Waals surface area contributed by atoms with Gasteiger partial charge in [-0.2, -0.15) is 0 Å². The van der Waals surface area contributed by atoms with Crippen molar-refractivity contribution in [3.63, 3.8) is 0 Å². The lowest BCUT2D eigenvalue weighted by atomic mass is 9.94. The van der Waals surface area contributed by atoms with Crippen molar-refractivity contribution in [1.29, 1.82) is 0 Å². The van der Waals surface area contributed by atoms with Crippen molar-refractivity contribution in [3.8, 4) is 0 Å². The largest absolute Gasteiger partial charge is 0.378 e. The average molecular weight is 567 g/mol. The second-order valence-electron chi connectivity index (χ2n) is 11.6. The molecule has 2 amide bonds. The van der Waals surface area contributed by atoms with Gasteiger partial charge in [-0.25, -0.2) is 0 Å². The lowest BCUT2D eigenvalue weighted by Crippen LogP contribution is -2.56. The molecule has 1 fully saturated rings. The number of nitrogens with one attached hydrogen (secondary N) is 3. The van der Waals surface area contributed by atoms with E-state index >= 15 is 0 Å². The van der Waals surface area contributed by atoms with Gasteiger partial charge in [0.15, 0.2) is 0 Å². The van der Waals surface area contributed by atoms with E-state index in [1.54, 1.807) is 4.90 Å². The maximum Gasteiger partial charge on any atom is 0.240 e. The number of rotatable bonds is 11. The van der Waals surface area contributed by atoms with E-state index < -0.39 is 12.3 Å². The van der Waals surface area contributed by atoms with Crippen molar-refractivity contribution < 1.29 is 14.7 Å². The van der Waals surface area contributed by atoms with Crippen LogP contribution in [-0.2, 0) is 22.4 Å². The van der Waals surface area contributed by atoms with E-state index in [-0.39, 0.29) is 23.8 Å². The molecule has 0 bridgehead atoms. The van der Waals surface area contributed by atoms with Gasteiger partial charge in [-0.3, -0.25) is 14.9 Å². The Morgan fingerprint density at radius 3 is 1.98 bits per heavy atom. The molecule has 0 aliphatic carbocycles. The molecule has 1 heterocycles. The molecule has 7 nitrogen and oxygen atoms in total. The van der Waals surface area contributed by atoms with Crippen LogP contribution in [0.1, 0.15) is 30.9 Å². The number of carbonyl (C=O) groups is 2. The zero-order chi connectivity index (χ0) is 29.5. The van der Waals surface area contributed by atoms with Crippen LogP contribution < -0.4 is 16.0 Å². The minimum Gasteiger partial charge on any atom is -0.378 e. The van der Waals surface area contributed by atoms with Crippen LogP contribution in [0.2, 0.25) is 0 Å². The summed E-state index contributed by atoms with van der Waals surface area (Å²) in [5.41, 5.74) is 2.12. The minimum atomic E-state index is -0.788. The van der Waals surface area contributed by atoms with Crippen LogP contribution >= 0.6 is 0 Å². The fourth-order valence-corrected chi connectivity index (χ4v) is 5.99. The molecule has 1 aliphatic rings. The Hall–Kier alpha value is -3.78. The molecule has 1 aliphatic heterocycles. The summed E-state index contributed by atoms with van der Waals surface area (Å²) in [7, 11) is 1.81. The van der Waals surface area contributed by atoms with Crippen LogP contribution in [0.25, 0.3) is 21.5 Å². The number of likely N-dealkylation sites (N-methyl/N-ethyl adjacent to an activating group) is 1. The number of aliphatic hydroxyl groups excluding tert-OH is 1. The highest BCUT2D eigenvalue weighted by Crippen LogP contribution is 2.21. The second-order valence-corrected chi connectivity index (χ2v) is 11.6. The third-order valence-corrected chi connectivity index (χ3v) is 8.52. The smallest absolute Gasteiger partial charge is 0.240 e. The van der Waals surface area contributed by atoms with Crippen LogP contribution in [-0.4, -0.2) is 66.8 Å². The molecular weight excluding hydrogens is 524 g/mol. The van der Waals surface area contributed by atoms with Gasteiger partial charge in [0.25, 0.3) is 0 Å². The Morgan fingerprint density at radius 1 is 0.857 bits per heavy atom. The third kappa shape index (κ3) is 7.53. The Labute approximate surface area is 248 Å². The van der Waals surface area contributed by atoms with Gasteiger partial charge in [-0.1, -0.05) is 84.9 Å².